The van der Waals surface area contributed by atoms with Crippen LogP contribution in [0.3, 0.4) is 0 Å². The Morgan fingerprint density at radius 2 is 1.84 bits per heavy atom. The lowest BCUT2D eigenvalue weighted by Gasteiger charge is -2.12. The van der Waals surface area contributed by atoms with Crippen molar-refractivity contribution in [3.05, 3.63) is 34.8 Å². The molecule has 2 N–H and O–H groups in total. The van der Waals surface area contributed by atoms with Gasteiger partial charge in [-0.1, -0.05) is 23.1 Å². The molecule has 0 bridgehead atoms. The molecule has 0 aliphatic heterocycles. The maximum Gasteiger partial charge on any atom is 0.257 e. The zero-order valence-electron chi connectivity index (χ0n) is 17.1. The Morgan fingerprint density at radius 1 is 1.06 bits per heavy atom. The van der Waals surface area contributed by atoms with Gasteiger partial charge < -0.3 is 14.8 Å². The number of benzene rings is 1. The average molecular weight is 480 g/mol. The minimum atomic E-state index is -0.339. The van der Waals surface area contributed by atoms with Gasteiger partial charge in [-0.05, 0) is 39.0 Å². The Balaban J connectivity index is 1.55. The number of carbonyl (C=O) groups is 2. The summed E-state index contributed by atoms with van der Waals surface area (Å²) in [6.45, 7) is 6.56. The lowest BCUT2D eigenvalue weighted by molar-refractivity contribution is -0.113. The van der Waals surface area contributed by atoms with Crippen LogP contribution in [0.4, 0.5) is 10.3 Å². The zero-order chi connectivity index (χ0) is 22.2. The molecule has 31 heavy (non-hydrogen) atoms. The van der Waals surface area contributed by atoms with E-state index < -0.39 is 0 Å². The molecule has 2 aromatic heterocycles. The molecule has 0 spiro atoms. The second-order valence-electron chi connectivity index (χ2n) is 5.99. The SMILES string of the molecule is CCOc1ccc(C(=O)Nc2nnc(SCC(=O)Nc3nc(C)cs3)s2)cc1OCC. The Kier molecular flexibility index (Phi) is 8.20. The molecule has 2 amide bonds. The van der Waals surface area contributed by atoms with Crippen molar-refractivity contribution in [3.8, 4) is 11.5 Å². The highest BCUT2D eigenvalue weighted by molar-refractivity contribution is 8.01. The van der Waals surface area contributed by atoms with E-state index in [4.69, 9.17) is 9.47 Å². The first-order valence-electron chi connectivity index (χ1n) is 9.37. The smallest absolute Gasteiger partial charge is 0.257 e. The van der Waals surface area contributed by atoms with E-state index in [2.05, 4.69) is 25.8 Å². The number of aryl methyl sites for hydroxylation is 1. The molecule has 0 saturated heterocycles. The van der Waals surface area contributed by atoms with Gasteiger partial charge in [0.25, 0.3) is 5.91 Å². The van der Waals surface area contributed by atoms with Gasteiger partial charge in [0.1, 0.15) is 0 Å². The summed E-state index contributed by atoms with van der Waals surface area (Å²) in [6, 6.07) is 4.99. The van der Waals surface area contributed by atoms with Crippen LogP contribution >= 0.6 is 34.4 Å². The molecule has 0 atom stereocenters. The number of hydrogen-bond donors (Lipinski definition) is 2. The van der Waals surface area contributed by atoms with Crippen molar-refractivity contribution in [2.75, 3.05) is 29.6 Å². The van der Waals surface area contributed by atoms with Crippen molar-refractivity contribution in [2.24, 2.45) is 0 Å². The van der Waals surface area contributed by atoms with Crippen LogP contribution in [0.1, 0.15) is 29.9 Å². The quantitative estimate of drug-likeness (QED) is 0.330. The van der Waals surface area contributed by atoms with Gasteiger partial charge >= 0.3 is 0 Å². The molecule has 0 radical (unpaired) electrons. The van der Waals surface area contributed by atoms with E-state index in [1.165, 1.54) is 34.4 Å². The summed E-state index contributed by atoms with van der Waals surface area (Å²) in [5.41, 5.74) is 1.27. The first kappa shape index (κ1) is 23.0. The number of nitrogens with zero attached hydrogens (tertiary/aromatic N) is 3. The molecule has 164 valence electrons. The lowest BCUT2D eigenvalue weighted by Crippen LogP contribution is -2.13. The van der Waals surface area contributed by atoms with Crippen LogP contribution in [-0.2, 0) is 4.79 Å². The normalized spacial score (nSPS) is 10.5. The van der Waals surface area contributed by atoms with Crippen molar-refractivity contribution in [3.63, 3.8) is 0 Å². The number of carbonyl (C=O) groups excluding carboxylic acids is 2. The molecule has 2 heterocycles. The minimum Gasteiger partial charge on any atom is -0.490 e. The predicted octanol–water partition coefficient (Wildman–Crippen LogP) is 4.08. The van der Waals surface area contributed by atoms with Gasteiger partial charge in [0.2, 0.25) is 11.0 Å². The molecule has 9 nitrogen and oxygen atoms in total. The van der Waals surface area contributed by atoms with Gasteiger partial charge in [-0.3, -0.25) is 14.9 Å². The van der Waals surface area contributed by atoms with Gasteiger partial charge in [0.15, 0.2) is 21.0 Å². The topological polar surface area (TPSA) is 115 Å². The van der Waals surface area contributed by atoms with E-state index in [0.29, 0.717) is 44.9 Å². The van der Waals surface area contributed by atoms with Gasteiger partial charge in [-0.15, -0.1) is 21.5 Å². The molecule has 12 heteroatoms. The zero-order valence-corrected chi connectivity index (χ0v) is 19.6. The first-order chi connectivity index (χ1) is 15.0. The molecule has 0 fully saturated rings. The molecular weight excluding hydrogens is 458 g/mol. The largest absolute Gasteiger partial charge is 0.490 e. The highest BCUT2D eigenvalue weighted by Crippen LogP contribution is 2.30. The average Bonchev–Trinajstić information content (AvgIpc) is 3.36. The van der Waals surface area contributed by atoms with E-state index in [0.717, 1.165) is 5.69 Å². The van der Waals surface area contributed by atoms with Crippen LogP contribution in [0.25, 0.3) is 0 Å². The van der Waals surface area contributed by atoms with Gasteiger partial charge in [0.05, 0.1) is 24.7 Å². The maximum absolute atomic E-state index is 12.6. The molecule has 0 unspecified atom stereocenters. The summed E-state index contributed by atoms with van der Waals surface area (Å²) >= 11 is 3.80. The van der Waals surface area contributed by atoms with Crippen molar-refractivity contribution in [1.82, 2.24) is 15.2 Å². The third-order valence-electron chi connectivity index (χ3n) is 3.62. The van der Waals surface area contributed by atoms with E-state index >= 15 is 0 Å². The monoisotopic (exact) mass is 479 g/mol. The standard InChI is InChI=1S/C19H21N5O4S3/c1-4-27-13-7-6-12(8-14(13)28-5-2)16(26)22-18-23-24-19(31-18)30-10-15(25)21-17-20-11(3)9-29-17/h6-9H,4-5,10H2,1-3H3,(H,20,21,25)(H,22,23,26). The summed E-state index contributed by atoms with van der Waals surface area (Å²) < 4.78 is 11.6. The summed E-state index contributed by atoms with van der Waals surface area (Å²) in [6.07, 6.45) is 0. The van der Waals surface area contributed by atoms with Crippen molar-refractivity contribution < 1.29 is 19.1 Å². The summed E-state index contributed by atoms with van der Waals surface area (Å²) in [7, 11) is 0. The number of aromatic nitrogens is 3. The summed E-state index contributed by atoms with van der Waals surface area (Å²) in [5.74, 6) is 0.734. The number of nitrogens with one attached hydrogen (secondary N) is 2. The van der Waals surface area contributed by atoms with E-state index in [1.807, 2.05) is 26.2 Å². The number of thioether (sulfide) groups is 1. The fourth-order valence-corrected chi connectivity index (χ4v) is 4.63. The number of hydrogen-bond acceptors (Lipinski definition) is 10. The van der Waals surface area contributed by atoms with Crippen LogP contribution in [0, 0.1) is 6.92 Å². The fourth-order valence-electron chi connectivity index (χ4n) is 2.37. The van der Waals surface area contributed by atoms with Gasteiger partial charge in [0, 0.05) is 10.9 Å². The number of anilines is 2. The molecule has 0 saturated carbocycles. The summed E-state index contributed by atoms with van der Waals surface area (Å²) in [4.78, 5) is 28.8. The Bertz CT molecular complexity index is 1050. The fraction of sp³-hybridized carbons (Fsp3) is 0.316. The van der Waals surface area contributed by atoms with Crippen molar-refractivity contribution in [2.45, 2.75) is 25.1 Å². The van der Waals surface area contributed by atoms with Crippen LogP contribution in [-0.4, -0.2) is 46.0 Å². The van der Waals surface area contributed by atoms with E-state index in [-0.39, 0.29) is 17.6 Å². The van der Waals surface area contributed by atoms with E-state index in [9.17, 15) is 9.59 Å². The third-order valence-corrected chi connectivity index (χ3v) is 6.47. The molecular formula is C19H21N5O4S3. The summed E-state index contributed by atoms with van der Waals surface area (Å²) in [5, 5.41) is 16.2. The second-order valence-corrected chi connectivity index (χ2v) is 9.04. The molecule has 1 aromatic carbocycles. The Labute approximate surface area is 191 Å². The second kappa shape index (κ2) is 11.1. The van der Waals surface area contributed by atoms with Crippen LogP contribution in [0.5, 0.6) is 11.5 Å². The van der Waals surface area contributed by atoms with Crippen LogP contribution in [0.2, 0.25) is 0 Å². The number of amides is 2. The highest BCUT2D eigenvalue weighted by atomic mass is 32.2. The van der Waals surface area contributed by atoms with Gasteiger partial charge in [-0.2, -0.15) is 0 Å². The molecule has 3 aromatic rings. The van der Waals surface area contributed by atoms with Crippen LogP contribution in [0.15, 0.2) is 27.9 Å². The van der Waals surface area contributed by atoms with E-state index in [1.54, 1.807) is 18.2 Å². The molecule has 0 aliphatic rings. The highest BCUT2D eigenvalue weighted by Gasteiger charge is 2.15. The number of thiazole rings is 1. The molecule has 3 rings (SSSR count). The van der Waals surface area contributed by atoms with Crippen molar-refractivity contribution >= 4 is 56.5 Å². The maximum atomic E-state index is 12.6. The lowest BCUT2D eigenvalue weighted by atomic mass is 10.2. The predicted molar refractivity (Wildman–Crippen MR) is 123 cm³/mol. The first-order valence-corrected chi connectivity index (χ1v) is 12.1. The molecule has 0 aliphatic carbocycles. The number of rotatable bonds is 10. The van der Waals surface area contributed by atoms with Crippen LogP contribution < -0.4 is 20.1 Å². The Hall–Kier alpha value is -2.70. The minimum absolute atomic E-state index is 0.164. The van der Waals surface area contributed by atoms with Gasteiger partial charge in [-0.25, -0.2) is 4.98 Å². The van der Waals surface area contributed by atoms with Crippen molar-refractivity contribution in [1.29, 1.82) is 0 Å². The number of ether oxygens (including phenoxy) is 2. The Morgan fingerprint density at radius 3 is 2.55 bits per heavy atom. The third kappa shape index (κ3) is 6.64.